The summed E-state index contributed by atoms with van der Waals surface area (Å²) in [6, 6.07) is 7.42. The van der Waals surface area contributed by atoms with Crippen LogP contribution in [0.25, 0.3) is 0 Å². The van der Waals surface area contributed by atoms with E-state index in [-0.39, 0.29) is 30.6 Å². The van der Waals surface area contributed by atoms with E-state index in [0.29, 0.717) is 25.3 Å². The molecule has 2 heterocycles. The molecule has 0 radical (unpaired) electrons. The van der Waals surface area contributed by atoms with Crippen LogP contribution in [-0.2, 0) is 20.9 Å². The molecule has 148 valence electrons. The third-order valence-electron chi connectivity index (χ3n) is 4.77. The monoisotopic (exact) mass is 384 g/mol. The number of rotatable bonds is 6. The molecule has 1 aromatic heterocycles. The zero-order valence-corrected chi connectivity index (χ0v) is 16.0. The molecule has 0 aliphatic carbocycles. The van der Waals surface area contributed by atoms with Crippen molar-refractivity contribution in [1.29, 1.82) is 0 Å². The molecule has 1 aliphatic heterocycles. The van der Waals surface area contributed by atoms with Gasteiger partial charge < -0.3 is 15.5 Å². The number of piperazine rings is 1. The first-order chi connectivity index (χ1) is 13.4. The predicted octanol–water partition coefficient (Wildman–Crippen LogP) is 0.782. The molecule has 0 unspecified atom stereocenters. The van der Waals surface area contributed by atoms with Crippen molar-refractivity contribution in [2.24, 2.45) is 0 Å². The van der Waals surface area contributed by atoms with Crippen LogP contribution >= 0.6 is 0 Å². The minimum Gasteiger partial charge on any atom is -0.352 e. The highest BCUT2D eigenvalue weighted by Gasteiger charge is 2.40. The Bertz CT molecular complexity index is 845. The van der Waals surface area contributed by atoms with Crippen molar-refractivity contribution >= 4 is 23.4 Å². The maximum absolute atomic E-state index is 12.5. The number of carbonyl (C=O) groups excluding carboxylic acids is 3. The van der Waals surface area contributed by atoms with Crippen molar-refractivity contribution in [3.05, 3.63) is 42.5 Å². The quantitative estimate of drug-likeness (QED) is 0.765. The second-order valence-corrected chi connectivity index (χ2v) is 7.20. The third-order valence-corrected chi connectivity index (χ3v) is 4.77. The molecule has 0 atom stereocenters. The lowest BCUT2D eigenvalue weighted by Crippen LogP contribution is -2.63. The van der Waals surface area contributed by atoms with Crippen LogP contribution in [0.4, 0.5) is 5.69 Å². The SMILES string of the molecule is CC1(C)C(=O)NCCN1C(=O)CCC(=O)Nc1ccc(Cn2cncn2)cc1. The highest BCUT2D eigenvalue weighted by molar-refractivity contribution is 5.95. The molecule has 2 aromatic rings. The van der Waals surface area contributed by atoms with Gasteiger partial charge in [-0.15, -0.1) is 0 Å². The van der Waals surface area contributed by atoms with E-state index in [1.807, 2.05) is 24.3 Å². The Hall–Kier alpha value is -3.23. The van der Waals surface area contributed by atoms with Gasteiger partial charge in [0.25, 0.3) is 0 Å². The molecular weight excluding hydrogens is 360 g/mol. The van der Waals surface area contributed by atoms with Crippen LogP contribution in [0.2, 0.25) is 0 Å². The van der Waals surface area contributed by atoms with Crippen LogP contribution in [-0.4, -0.2) is 56.0 Å². The van der Waals surface area contributed by atoms with E-state index in [9.17, 15) is 14.4 Å². The molecule has 1 fully saturated rings. The van der Waals surface area contributed by atoms with Gasteiger partial charge >= 0.3 is 0 Å². The van der Waals surface area contributed by atoms with E-state index in [1.165, 1.54) is 11.2 Å². The summed E-state index contributed by atoms with van der Waals surface area (Å²) >= 11 is 0. The fourth-order valence-corrected chi connectivity index (χ4v) is 3.11. The zero-order chi connectivity index (χ0) is 20.1. The summed E-state index contributed by atoms with van der Waals surface area (Å²) in [6.45, 7) is 4.90. The van der Waals surface area contributed by atoms with Gasteiger partial charge in [0.05, 0.1) is 6.54 Å². The van der Waals surface area contributed by atoms with Gasteiger partial charge in [-0.25, -0.2) is 9.67 Å². The van der Waals surface area contributed by atoms with Crippen molar-refractivity contribution in [3.8, 4) is 0 Å². The summed E-state index contributed by atoms with van der Waals surface area (Å²) < 4.78 is 1.71. The maximum Gasteiger partial charge on any atom is 0.245 e. The zero-order valence-electron chi connectivity index (χ0n) is 16.0. The first-order valence-electron chi connectivity index (χ1n) is 9.16. The van der Waals surface area contributed by atoms with Crippen molar-refractivity contribution < 1.29 is 14.4 Å². The molecule has 9 heteroatoms. The van der Waals surface area contributed by atoms with E-state index < -0.39 is 5.54 Å². The average molecular weight is 384 g/mol. The Kier molecular flexibility index (Phi) is 5.72. The van der Waals surface area contributed by atoms with Crippen molar-refractivity contribution in [2.75, 3.05) is 18.4 Å². The van der Waals surface area contributed by atoms with Crippen molar-refractivity contribution in [3.63, 3.8) is 0 Å². The summed E-state index contributed by atoms with van der Waals surface area (Å²) in [5.41, 5.74) is 0.799. The number of hydrogen-bond donors (Lipinski definition) is 2. The van der Waals surface area contributed by atoms with Gasteiger partial charge in [-0.2, -0.15) is 5.10 Å². The van der Waals surface area contributed by atoms with E-state index >= 15 is 0 Å². The number of anilines is 1. The first kappa shape index (κ1) is 19.5. The minimum atomic E-state index is -0.897. The average Bonchev–Trinajstić information content (AvgIpc) is 3.16. The number of amides is 3. The Labute approximate surface area is 163 Å². The molecule has 9 nitrogen and oxygen atoms in total. The lowest BCUT2D eigenvalue weighted by molar-refractivity contribution is -0.149. The molecule has 1 saturated heterocycles. The number of nitrogens with one attached hydrogen (secondary N) is 2. The molecule has 0 spiro atoms. The Balaban J connectivity index is 1.48. The largest absolute Gasteiger partial charge is 0.352 e. The fraction of sp³-hybridized carbons (Fsp3) is 0.421. The van der Waals surface area contributed by atoms with Crippen molar-refractivity contribution in [2.45, 2.75) is 38.8 Å². The summed E-state index contributed by atoms with van der Waals surface area (Å²) in [5, 5.41) is 9.60. The van der Waals surface area contributed by atoms with E-state index in [1.54, 1.807) is 24.9 Å². The molecule has 3 amide bonds. The third kappa shape index (κ3) is 4.54. The second kappa shape index (κ2) is 8.20. The number of nitrogens with zero attached hydrogens (tertiary/aromatic N) is 4. The number of carbonyl (C=O) groups is 3. The lowest BCUT2D eigenvalue weighted by atomic mass is 9.98. The molecule has 3 rings (SSSR count). The summed E-state index contributed by atoms with van der Waals surface area (Å²) in [5.74, 6) is -0.614. The Morgan fingerprint density at radius 3 is 2.64 bits per heavy atom. The van der Waals surface area contributed by atoms with Crippen LogP contribution in [0.3, 0.4) is 0 Å². The van der Waals surface area contributed by atoms with Gasteiger partial charge in [0, 0.05) is 31.6 Å². The summed E-state index contributed by atoms with van der Waals surface area (Å²) in [6.07, 6.45) is 3.24. The maximum atomic E-state index is 12.5. The molecule has 1 aromatic carbocycles. The second-order valence-electron chi connectivity index (χ2n) is 7.20. The van der Waals surface area contributed by atoms with Crippen LogP contribution < -0.4 is 10.6 Å². The van der Waals surface area contributed by atoms with E-state index in [2.05, 4.69) is 20.7 Å². The van der Waals surface area contributed by atoms with Crippen LogP contribution in [0, 0.1) is 0 Å². The molecule has 0 saturated carbocycles. The normalized spacial score (nSPS) is 15.8. The smallest absolute Gasteiger partial charge is 0.245 e. The van der Waals surface area contributed by atoms with Gasteiger partial charge in [0.15, 0.2) is 0 Å². The Morgan fingerprint density at radius 1 is 1.21 bits per heavy atom. The first-order valence-corrected chi connectivity index (χ1v) is 9.16. The predicted molar refractivity (Wildman–Crippen MR) is 102 cm³/mol. The highest BCUT2D eigenvalue weighted by atomic mass is 16.2. The van der Waals surface area contributed by atoms with Gasteiger partial charge in [-0.05, 0) is 31.5 Å². The van der Waals surface area contributed by atoms with Gasteiger partial charge in [-0.3, -0.25) is 14.4 Å². The molecule has 2 N–H and O–H groups in total. The molecule has 0 bridgehead atoms. The van der Waals surface area contributed by atoms with E-state index in [0.717, 1.165) is 5.56 Å². The lowest BCUT2D eigenvalue weighted by Gasteiger charge is -2.41. The van der Waals surface area contributed by atoms with E-state index in [4.69, 9.17) is 0 Å². The van der Waals surface area contributed by atoms with Crippen LogP contribution in [0.5, 0.6) is 0 Å². The fourth-order valence-electron chi connectivity index (χ4n) is 3.11. The highest BCUT2D eigenvalue weighted by Crippen LogP contribution is 2.19. The summed E-state index contributed by atoms with van der Waals surface area (Å²) in [7, 11) is 0. The minimum absolute atomic E-state index is 0.0624. The van der Waals surface area contributed by atoms with Crippen LogP contribution in [0.15, 0.2) is 36.9 Å². The topological polar surface area (TPSA) is 109 Å². The van der Waals surface area contributed by atoms with Crippen LogP contribution in [0.1, 0.15) is 32.3 Å². The number of hydrogen-bond acceptors (Lipinski definition) is 5. The number of aromatic nitrogens is 3. The van der Waals surface area contributed by atoms with Crippen molar-refractivity contribution in [1.82, 2.24) is 25.0 Å². The summed E-state index contributed by atoms with van der Waals surface area (Å²) in [4.78, 5) is 42.0. The number of benzene rings is 1. The molecule has 1 aliphatic rings. The van der Waals surface area contributed by atoms with Gasteiger partial charge in [0.1, 0.15) is 18.2 Å². The van der Waals surface area contributed by atoms with Gasteiger partial charge in [-0.1, -0.05) is 12.1 Å². The Morgan fingerprint density at radius 2 is 1.96 bits per heavy atom. The van der Waals surface area contributed by atoms with Gasteiger partial charge in [0.2, 0.25) is 17.7 Å². The molecule has 28 heavy (non-hydrogen) atoms. The molecular formula is C19H24N6O3. The standard InChI is InChI=1S/C19H24N6O3/c1-19(2)18(28)21-9-10-25(19)17(27)8-7-16(26)23-15-5-3-14(4-6-15)11-24-13-20-12-22-24/h3-6,12-13H,7-11H2,1-2H3,(H,21,28)(H,23,26).